The van der Waals surface area contributed by atoms with E-state index in [9.17, 15) is 0 Å². The highest BCUT2D eigenvalue weighted by Crippen LogP contribution is 2.19. The van der Waals surface area contributed by atoms with Crippen molar-refractivity contribution in [3.63, 3.8) is 0 Å². The minimum atomic E-state index is 0.423. The number of nitrogens with zero attached hydrogens (tertiary/aromatic N) is 3. The van der Waals surface area contributed by atoms with Gasteiger partial charge < -0.3 is 5.32 Å². The number of hydrogen-bond acceptors (Lipinski definition) is 3. The van der Waals surface area contributed by atoms with Gasteiger partial charge in [-0.3, -0.25) is 5.43 Å². The van der Waals surface area contributed by atoms with E-state index in [1.54, 1.807) is 17.0 Å². The number of aromatic nitrogens is 2. The lowest BCUT2D eigenvalue weighted by molar-refractivity contribution is 0.680. The molecule has 0 radical (unpaired) electrons. The van der Waals surface area contributed by atoms with Crippen molar-refractivity contribution < 1.29 is 0 Å². The van der Waals surface area contributed by atoms with E-state index in [0.717, 1.165) is 16.8 Å². The Kier molecular flexibility index (Phi) is 6.31. The van der Waals surface area contributed by atoms with Crippen LogP contribution in [0.1, 0.15) is 16.8 Å². The Labute approximate surface area is 146 Å². The summed E-state index contributed by atoms with van der Waals surface area (Å²) in [6.45, 7) is 6.69. The summed E-state index contributed by atoms with van der Waals surface area (Å²) in [5.74, 6) is 0. The van der Waals surface area contributed by atoms with Gasteiger partial charge in [-0.15, -0.1) is 6.58 Å². The molecule has 0 atom stereocenters. The zero-order chi connectivity index (χ0) is 16.7. The maximum absolute atomic E-state index is 6.40. The van der Waals surface area contributed by atoms with Crippen LogP contribution in [0, 0.1) is 6.92 Å². The molecule has 0 aliphatic heterocycles. The molecule has 0 unspecified atom stereocenters. The van der Waals surface area contributed by atoms with Crippen LogP contribution in [0.5, 0.6) is 0 Å². The van der Waals surface area contributed by atoms with E-state index in [4.69, 9.17) is 23.8 Å². The van der Waals surface area contributed by atoms with Gasteiger partial charge in [0.25, 0.3) is 0 Å². The Balaban J connectivity index is 2.05. The molecule has 1 aromatic heterocycles. The van der Waals surface area contributed by atoms with Crippen molar-refractivity contribution in [1.82, 2.24) is 20.5 Å². The van der Waals surface area contributed by atoms with Gasteiger partial charge in [0.05, 0.1) is 24.0 Å². The summed E-state index contributed by atoms with van der Waals surface area (Å²) < 4.78 is 1.75. The lowest BCUT2D eigenvalue weighted by Crippen LogP contribution is -2.31. The van der Waals surface area contributed by atoms with Crippen LogP contribution in [-0.2, 0) is 6.54 Å². The highest BCUT2D eigenvalue weighted by molar-refractivity contribution is 7.80. The van der Waals surface area contributed by atoms with Crippen molar-refractivity contribution in [2.75, 3.05) is 6.54 Å². The quantitative estimate of drug-likeness (QED) is 0.365. The second kappa shape index (κ2) is 8.45. The summed E-state index contributed by atoms with van der Waals surface area (Å²) in [5.41, 5.74) is 5.43. The molecule has 2 N–H and O–H groups in total. The van der Waals surface area contributed by atoms with Crippen molar-refractivity contribution >= 4 is 35.1 Å². The molecule has 0 fully saturated rings. The van der Waals surface area contributed by atoms with Gasteiger partial charge in [-0.25, -0.2) is 4.68 Å². The molecule has 0 spiro atoms. The molecule has 7 heteroatoms. The van der Waals surface area contributed by atoms with Crippen LogP contribution in [0.2, 0.25) is 5.15 Å². The molecule has 1 heterocycles. The second-order valence-electron chi connectivity index (χ2n) is 4.80. The Bertz CT molecular complexity index is 709. The molecule has 23 heavy (non-hydrogen) atoms. The summed E-state index contributed by atoms with van der Waals surface area (Å²) >= 11 is 11.5. The van der Waals surface area contributed by atoms with Crippen molar-refractivity contribution in [2.45, 2.75) is 13.5 Å². The van der Waals surface area contributed by atoms with Crippen LogP contribution in [0.25, 0.3) is 0 Å². The first kappa shape index (κ1) is 17.2. The summed E-state index contributed by atoms with van der Waals surface area (Å²) in [6.07, 6.45) is 3.33. The molecule has 0 amide bonds. The van der Waals surface area contributed by atoms with Gasteiger partial charge >= 0.3 is 0 Å². The van der Waals surface area contributed by atoms with Crippen LogP contribution < -0.4 is 10.7 Å². The molecule has 5 nitrogen and oxygen atoms in total. The van der Waals surface area contributed by atoms with Crippen LogP contribution in [0.4, 0.5) is 0 Å². The summed E-state index contributed by atoms with van der Waals surface area (Å²) in [7, 11) is 0. The van der Waals surface area contributed by atoms with Crippen molar-refractivity contribution in [1.29, 1.82) is 0 Å². The van der Waals surface area contributed by atoms with Crippen LogP contribution in [0.15, 0.2) is 48.1 Å². The van der Waals surface area contributed by atoms with Crippen molar-refractivity contribution in [2.24, 2.45) is 5.10 Å². The normalized spacial score (nSPS) is 10.7. The first-order chi connectivity index (χ1) is 11.1. The minimum absolute atomic E-state index is 0.423. The SMILES string of the molecule is C=CCNC(=S)N/N=C/c1c(C)nn(Cc2ccccc2)c1Cl. The number of benzene rings is 1. The molecule has 1 aromatic carbocycles. The number of nitrogens with one attached hydrogen (secondary N) is 2. The molecule has 0 bridgehead atoms. The van der Waals surface area contributed by atoms with Gasteiger partial charge in [-0.05, 0) is 24.7 Å². The van der Waals surface area contributed by atoms with Gasteiger partial charge in [-0.1, -0.05) is 48.0 Å². The smallest absolute Gasteiger partial charge is 0.187 e. The maximum atomic E-state index is 6.40. The lowest BCUT2D eigenvalue weighted by Gasteiger charge is -2.04. The summed E-state index contributed by atoms with van der Waals surface area (Å²) in [6, 6.07) is 10.0. The van der Waals surface area contributed by atoms with E-state index in [1.165, 1.54) is 0 Å². The predicted molar refractivity (Wildman–Crippen MR) is 99.0 cm³/mol. The molecule has 0 saturated heterocycles. The average Bonchev–Trinajstić information content (AvgIpc) is 2.81. The third-order valence-electron chi connectivity index (χ3n) is 3.05. The molecule has 120 valence electrons. The number of halogens is 1. The second-order valence-corrected chi connectivity index (χ2v) is 5.57. The third-order valence-corrected chi connectivity index (χ3v) is 3.69. The van der Waals surface area contributed by atoms with Gasteiger partial charge in [0.1, 0.15) is 5.15 Å². The Morgan fingerprint density at radius 3 is 2.87 bits per heavy atom. The summed E-state index contributed by atoms with van der Waals surface area (Å²) in [5, 5.41) is 12.4. The largest absolute Gasteiger partial charge is 0.358 e. The molecular formula is C16H18ClN5S. The van der Waals surface area contributed by atoms with E-state index in [0.29, 0.717) is 23.4 Å². The van der Waals surface area contributed by atoms with Crippen molar-refractivity contribution in [3.05, 3.63) is 65.0 Å². The topological polar surface area (TPSA) is 54.2 Å². The molecular weight excluding hydrogens is 330 g/mol. The van der Waals surface area contributed by atoms with E-state index < -0.39 is 0 Å². The van der Waals surface area contributed by atoms with Gasteiger partial charge in [0.2, 0.25) is 0 Å². The third kappa shape index (κ3) is 4.91. The highest BCUT2D eigenvalue weighted by atomic mass is 35.5. The van der Waals surface area contributed by atoms with Crippen LogP contribution in [0.3, 0.4) is 0 Å². The fourth-order valence-corrected chi connectivity index (χ4v) is 2.35. The summed E-state index contributed by atoms with van der Waals surface area (Å²) in [4.78, 5) is 0. The Hall–Kier alpha value is -2.18. The van der Waals surface area contributed by atoms with Crippen LogP contribution in [-0.4, -0.2) is 27.7 Å². The first-order valence-corrected chi connectivity index (χ1v) is 7.85. The fourth-order valence-electron chi connectivity index (χ4n) is 1.93. The number of aryl methyl sites for hydroxylation is 1. The Morgan fingerprint density at radius 2 is 2.17 bits per heavy atom. The molecule has 2 aromatic rings. The van der Waals surface area contributed by atoms with Gasteiger partial charge in [0.15, 0.2) is 5.11 Å². The van der Waals surface area contributed by atoms with Crippen molar-refractivity contribution in [3.8, 4) is 0 Å². The van der Waals surface area contributed by atoms with Gasteiger partial charge in [-0.2, -0.15) is 10.2 Å². The standard InChI is InChI=1S/C16H18ClN5S/c1-3-9-18-16(23)20-19-10-14-12(2)21-22(15(14)17)11-13-7-5-4-6-8-13/h3-8,10H,1,9,11H2,2H3,(H2,18,20,23)/b19-10+. The number of thiocarbonyl (C=S) groups is 1. The van der Waals surface area contributed by atoms with E-state index >= 15 is 0 Å². The zero-order valence-corrected chi connectivity index (χ0v) is 14.4. The van der Waals surface area contributed by atoms with E-state index in [-0.39, 0.29) is 0 Å². The molecule has 0 aliphatic carbocycles. The van der Waals surface area contributed by atoms with E-state index in [2.05, 4.69) is 27.5 Å². The highest BCUT2D eigenvalue weighted by Gasteiger charge is 2.11. The maximum Gasteiger partial charge on any atom is 0.187 e. The fraction of sp³-hybridized carbons (Fsp3) is 0.188. The molecule has 2 rings (SSSR count). The number of rotatable bonds is 6. The van der Waals surface area contributed by atoms with Crippen LogP contribution >= 0.6 is 23.8 Å². The minimum Gasteiger partial charge on any atom is -0.358 e. The predicted octanol–water partition coefficient (Wildman–Crippen LogP) is 2.88. The lowest BCUT2D eigenvalue weighted by atomic mass is 10.2. The molecule has 0 aliphatic rings. The monoisotopic (exact) mass is 347 g/mol. The Morgan fingerprint density at radius 1 is 1.43 bits per heavy atom. The first-order valence-electron chi connectivity index (χ1n) is 7.06. The molecule has 0 saturated carbocycles. The number of hydrazone groups is 1. The zero-order valence-electron chi connectivity index (χ0n) is 12.8. The number of hydrogen-bond donors (Lipinski definition) is 2. The van der Waals surface area contributed by atoms with Gasteiger partial charge in [0, 0.05) is 6.54 Å². The van der Waals surface area contributed by atoms with E-state index in [1.807, 2.05) is 37.3 Å². The average molecular weight is 348 g/mol.